The molecule has 14 heavy (non-hydrogen) atoms. The van der Waals surface area contributed by atoms with Gasteiger partial charge in [0.2, 0.25) is 0 Å². The van der Waals surface area contributed by atoms with Crippen molar-refractivity contribution < 1.29 is 14.6 Å². The molecule has 0 radical (unpaired) electrons. The smallest absolute Gasteiger partial charge is 0.150 e. The highest BCUT2D eigenvalue weighted by molar-refractivity contribution is 9.10. The third-order valence-corrected chi connectivity index (χ3v) is 2.58. The van der Waals surface area contributed by atoms with E-state index in [2.05, 4.69) is 15.9 Å². The molecule has 1 N–H and O–H groups in total. The summed E-state index contributed by atoms with van der Waals surface area (Å²) in [7, 11) is 0. The molecule has 2 rings (SSSR count). The molecule has 0 aromatic heterocycles. The summed E-state index contributed by atoms with van der Waals surface area (Å²) in [6, 6.07) is 7.54. The van der Waals surface area contributed by atoms with Crippen LogP contribution in [0.25, 0.3) is 0 Å². The minimum Gasteiger partial charge on any atom is -0.485 e. The Bertz CT molecular complexity index is 316. The van der Waals surface area contributed by atoms with Crippen molar-refractivity contribution in [3.05, 3.63) is 28.7 Å². The molecule has 3 nitrogen and oxygen atoms in total. The van der Waals surface area contributed by atoms with Gasteiger partial charge < -0.3 is 14.6 Å². The topological polar surface area (TPSA) is 38.7 Å². The summed E-state index contributed by atoms with van der Waals surface area (Å²) in [5, 5.41) is 9.46. The SMILES string of the molecule is O[C@@H]1COC[C@H]1Oc1cccc(Br)c1. The van der Waals surface area contributed by atoms with Crippen molar-refractivity contribution >= 4 is 15.9 Å². The summed E-state index contributed by atoms with van der Waals surface area (Å²) < 4.78 is 11.6. The Kier molecular flexibility index (Phi) is 3.05. The van der Waals surface area contributed by atoms with Crippen molar-refractivity contribution in [1.82, 2.24) is 0 Å². The molecule has 1 fully saturated rings. The van der Waals surface area contributed by atoms with Gasteiger partial charge in [-0.15, -0.1) is 0 Å². The Morgan fingerprint density at radius 2 is 2.29 bits per heavy atom. The molecule has 0 unspecified atom stereocenters. The fraction of sp³-hybridized carbons (Fsp3) is 0.400. The Balaban J connectivity index is 2.03. The molecule has 2 atom stereocenters. The first kappa shape index (κ1) is 9.96. The molecule has 0 aliphatic carbocycles. The van der Waals surface area contributed by atoms with Crippen LogP contribution in [0.2, 0.25) is 0 Å². The van der Waals surface area contributed by atoms with E-state index in [1.165, 1.54) is 0 Å². The lowest BCUT2D eigenvalue weighted by Crippen LogP contribution is -2.29. The van der Waals surface area contributed by atoms with E-state index in [0.29, 0.717) is 13.2 Å². The molecule has 1 aliphatic rings. The summed E-state index contributed by atoms with van der Waals surface area (Å²) >= 11 is 3.35. The van der Waals surface area contributed by atoms with Crippen LogP contribution in [0.3, 0.4) is 0 Å². The lowest BCUT2D eigenvalue weighted by molar-refractivity contribution is 0.0733. The van der Waals surface area contributed by atoms with Crippen LogP contribution in [0.4, 0.5) is 0 Å². The van der Waals surface area contributed by atoms with Crippen molar-refractivity contribution in [3.8, 4) is 5.75 Å². The van der Waals surface area contributed by atoms with E-state index in [4.69, 9.17) is 9.47 Å². The van der Waals surface area contributed by atoms with Crippen molar-refractivity contribution in [1.29, 1.82) is 0 Å². The Morgan fingerprint density at radius 1 is 1.43 bits per heavy atom. The zero-order chi connectivity index (χ0) is 9.97. The number of benzene rings is 1. The molecule has 1 aromatic rings. The maximum atomic E-state index is 9.46. The van der Waals surface area contributed by atoms with Gasteiger partial charge in [0.15, 0.2) is 0 Å². The largest absolute Gasteiger partial charge is 0.485 e. The zero-order valence-electron chi connectivity index (χ0n) is 7.52. The van der Waals surface area contributed by atoms with E-state index >= 15 is 0 Å². The molecule has 0 saturated carbocycles. The average Bonchev–Trinajstić information content (AvgIpc) is 2.52. The highest BCUT2D eigenvalue weighted by Crippen LogP contribution is 2.21. The summed E-state index contributed by atoms with van der Waals surface area (Å²) in [5.74, 6) is 0.744. The van der Waals surface area contributed by atoms with E-state index in [-0.39, 0.29) is 6.10 Å². The number of halogens is 1. The number of ether oxygens (including phenoxy) is 2. The maximum Gasteiger partial charge on any atom is 0.150 e. The van der Waals surface area contributed by atoms with Gasteiger partial charge in [0, 0.05) is 4.47 Å². The molecule has 0 bridgehead atoms. The van der Waals surface area contributed by atoms with Crippen molar-refractivity contribution in [2.45, 2.75) is 12.2 Å². The van der Waals surface area contributed by atoms with Gasteiger partial charge in [-0.05, 0) is 18.2 Å². The molecule has 1 aliphatic heterocycles. The van der Waals surface area contributed by atoms with Gasteiger partial charge in [0.05, 0.1) is 13.2 Å². The molecule has 76 valence electrons. The standard InChI is InChI=1S/C10H11BrO3/c11-7-2-1-3-8(4-7)14-10-6-13-5-9(10)12/h1-4,9-10,12H,5-6H2/t9-,10-/m1/s1. The van der Waals surface area contributed by atoms with Crippen molar-refractivity contribution in [3.63, 3.8) is 0 Å². The van der Waals surface area contributed by atoms with E-state index < -0.39 is 6.10 Å². The van der Waals surface area contributed by atoms with Crippen LogP contribution < -0.4 is 4.74 Å². The third-order valence-electron chi connectivity index (χ3n) is 2.08. The normalized spacial score (nSPS) is 26.4. The first-order chi connectivity index (χ1) is 6.75. The van der Waals surface area contributed by atoms with Gasteiger partial charge in [0.1, 0.15) is 18.0 Å². The van der Waals surface area contributed by atoms with Crippen molar-refractivity contribution in [2.75, 3.05) is 13.2 Å². The fourth-order valence-electron chi connectivity index (χ4n) is 1.35. The first-order valence-electron chi connectivity index (χ1n) is 4.44. The second-order valence-corrected chi connectivity index (χ2v) is 4.13. The quantitative estimate of drug-likeness (QED) is 0.876. The highest BCUT2D eigenvalue weighted by Gasteiger charge is 2.27. The van der Waals surface area contributed by atoms with Crippen LogP contribution in [0, 0.1) is 0 Å². The molecule has 1 saturated heterocycles. The van der Waals surface area contributed by atoms with Gasteiger partial charge in [-0.3, -0.25) is 0 Å². The van der Waals surface area contributed by atoms with E-state index in [0.717, 1.165) is 10.2 Å². The van der Waals surface area contributed by atoms with Crippen LogP contribution >= 0.6 is 15.9 Å². The van der Waals surface area contributed by atoms with Crippen LogP contribution in [0.5, 0.6) is 5.75 Å². The Labute approximate surface area is 90.8 Å². The molecule has 0 spiro atoms. The predicted molar refractivity (Wildman–Crippen MR) is 55.4 cm³/mol. The first-order valence-corrected chi connectivity index (χ1v) is 5.23. The summed E-state index contributed by atoms with van der Waals surface area (Å²) in [6.07, 6.45) is -0.765. The van der Waals surface area contributed by atoms with Crippen LogP contribution in [0.1, 0.15) is 0 Å². The lowest BCUT2D eigenvalue weighted by atomic mass is 10.2. The van der Waals surface area contributed by atoms with E-state index in [9.17, 15) is 5.11 Å². The van der Waals surface area contributed by atoms with Gasteiger partial charge in [-0.2, -0.15) is 0 Å². The Morgan fingerprint density at radius 3 is 2.93 bits per heavy atom. The lowest BCUT2D eigenvalue weighted by Gasteiger charge is -2.15. The second-order valence-electron chi connectivity index (χ2n) is 3.22. The third kappa shape index (κ3) is 2.26. The maximum absolute atomic E-state index is 9.46. The summed E-state index contributed by atoms with van der Waals surface area (Å²) in [4.78, 5) is 0. The number of aliphatic hydroxyl groups is 1. The minimum atomic E-state index is -0.519. The monoisotopic (exact) mass is 258 g/mol. The van der Waals surface area contributed by atoms with Gasteiger partial charge in [-0.1, -0.05) is 22.0 Å². The summed E-state index contributed by atoms with van der Waals surface area (Å²) in [6.45, 7) is 0.812. The molecule has 0 amide bonds. The number of aliphatic hydroxyl groups excluding tert-OH is 1. The van der Waals surface area contributed by atoms with E-state index in [1.807, 2.05) is 24.3 Å². The fourth-order valence-corrected chi connectivity index (χ4v) is 1.73. The van der Waals surface area contributed by atoms with E-state index in [1.54, 1.807) is 0 Å². The molecule has 1 aromatic carbocycles. The minimum absolute atomic E-state index is 0.246. The van der Waals surface area contributed by atoms with Crippen LogP contribution in [-0.4, -0.2) is 30.5 Å². The predicted octanol–water partition coefficient (Wildman–Crippen LogP) is 1.59. The number of rotatable bonds is 2. The van der Waals surface area contributed by atoms with Gasteiger partial charge >= 0.3 is 0 Å². The van der Waals surface area contributed by atoms with Crippen molar-refractivity contribution in [2.24, 2.45) is 0 Å². The van der Waals surface area contributed by atoms with Crippen LogP contribution in [0.15, 0.2) is 28.7 Å². The number of hydrogen-bond acceptors (Lipinski definition) is 3. The molecule has 1 heterocycles. The highest BCUT2D eigenvalue weighted by atomic mass is 79.9. The zero-order valence-corrected chi connectivity index (χ0v) is 9.11. The van der Waals surface area contributed by atoms with Gasteiger partial charge in [0.25, 0.3) is 0 Å². The molecule has 4 heteroatoms. The Hall–Kier alpha value is -0.580. The number of hydrogen-bond donors (Lipinski definition) is 1. The molecular formula is C10H11BrO3. The van der Waals surface area contributed by atoms with Gasteiger partial charge in [-0.25, -0.2) is 0 Å². The second kappa shape index (κ2) is 4.29. The average molecular weight is 259 g/mol. The summed E-state index contributed by atoms with van der Waals surface area (Å²) in [5.41, 5.74) is 0. The van der Waals surface area contributed by atoms with Crippen LogP contribution in [-0.2, 0) is 4.74 Å². The molecular weight excluding hydrogens is 248 g/mol.